The van der Waals surface area contributed by atoms with Crippen molar-refractivity contribution in [2.45, 2.75) is 44.1 Å². The first kappa shape index (κ1) is 34.0. The van der Waals surface area contributed by atoms with Gasteiger partial charge in [0.15, 0.2) is 9.84 Å². The number of benzene rings is 5. The van der Waals surface area contributed by atoms with Crippen molar-refractivity contribution in [2.75, 3.05) is 5.75 Å². The summed E-state index contributed by atoms with van der Waals surface area (Å²) in [6, 6.07) is 46.8. The van der Waals surface area contributed by atoms with E-state index in [2.05, 4.69) is 13.8 Å². The molecule has 2 saturated carbocycles. The van der Waals surface area contributed by atoms with Gasteiger partial charge in [-0.05, 0) is 65.5 Å². The van der Waals surface area contributed by atoms with Crippen LogP contribution in [0.3, 0.4) is 0 Å². The van der Waals surface area contributed by atoms with Gasteiger partial charge in [-0.2, -0.15) is 0 Å². The van der Waals surface area contributed by atoms with Crippen LogP contribution >= 0.6 is 6.89 Å². The third-order valence-electron chi connectivity index (χ3n) is 11.4. The predicted octanol–water partition coefficient (Wildman–Crippen LogP) is 7.25. The van der Waals surface area contributed by atoms with Crippen molar-refractivity contribution >= 4 is 49.7 Å². The van der Waals surface area contributed by atoms with Crippen molar-refractivity contribution in [1.29, 1.82) is 0 Å². The van der Waals surface area contributed by atoms with E-state index in [1.165, 1.54) is 0 Å². The Morgan fingerprint density at radius 2 is 1.12 bits per heavy atom. The number of ether oxygens (including phenoxy) is 1. The average Bonchev–Trinajstić information content (AvgIpc) is 3.50. The van der Waals surface area contributed by atoms with Crippen LogP contribution in [0.15, 0.2) is 157 Å². The van der Waals surface area contributed by atoms with E-state index in [1.54, 1.807) is 54.6 Å². The van der Waals surface area contributed by atoms with Gasteiger partial charge in [0, 0.05) is 11.0 Å². The Morgan fingerprint density at radius 3 is 1.58 bits per heavy atom. The Hall–Kier alpha value is -4.51. The molecule has 0 heterocycles. The SMILES string of the molecule is CC1(C)[C@H]2CC[C@]1(CS(=O)(=O)c1ccccc1)[C@@H](OC(=O)C(C(=O)c1ccccc1)=P(c1ccccc1)(c1ccccc1)c1ccccc1)C2. The molecule has 7 heteroatoms. The molecule has 50 heavy (non-hydrogen) atoms. The van der Waals surface area contributed by atoms with Gasteiger partial charge in [-0.1, -0.05) is 153 Å². The molecule has 0 amide bonds. The summed E-state index contributed by atoms with van der Waals surface area (Å²) in [7, 11) is -3.72. The lowest BCUT2D eigenvalue weighted by Gasteiger charge is -2.42. The Balaban J connectivity index is 1.47. The lowest BCUT2D eigenvalue weighted by atomic mass is 9.69. The Labute approximate surface area is 295 Å². The second-order valence-electron chi connectivity index (χ2n) is 14.0. The standard InChI is InChI=1S/C43H41O5PS/c1-42(2)33-28-29-43(42,31-50(46,47)37-26-16-7-17-27-37)38(30-33)48-41(45)40(39(44)32-18-8-3-9-19-32)49(34-20-10-4-11-21-34,35-22-12-5-13-23-35)36-24-14-6-15-25-36/h3-27,33,38H,28-31H2,1-2H3/t33-,38-,43-/m0/s1. The summed E-state index contributed by atoms with van der Waals surface area (Å²) in [4.78, 5) is 30.7. The highest BCUT2D eigenvalue weighted by molar-refractivity contribution is 7.97. The Bertz CT molecular complexity index is 2060. The van der Waals surface area contributed by atoms with Crippen molar-refractivity contribution < 1.29 is 22.7 Å². The third-order valence-corrected chi connectivity index (χ3v) is 17.5. The van der Waals surface area contributed by atoms with Gasteiger partial charge in [-0.3, -0.25) is 4.79 Å². The normalized spacial score (nSPS) is 21.0. The van der Waals surface area contributed by atoms with Crippen LogP contribution in [0.2, 0.25) is 0 Å². The quantitative estimate of drug-likeness (QED) is 0.0665. The van der Waals surface area contributed by atoms with E-state index in [0.717, 1.165) is 22.3 Å². The first-order valence-electron chi connectivity index (χ1n) is 17.1. The number of ketones is 1. The summed E-state index contributed by atoms with van der Waals surface area (Å²) in [5.41, 5.74) is -0.842. The number of fused-ring (bicyclic) bond motifs is 2. The molecule has 0 N–H and O–H groups in total. The van der Waals surface area contributed by atoms with Crippen LogP contribution in [-0.4, -0.2) is 37.3 Å². The van der Waals surface area contributed by atoms with Crippen molar-refractivity contribution in [3.8, 4) is 0 Å². The zero-order valence-electron chi connectivity index (χ0n) is 28.3. The first-order valence-corrected chi connectivity index (χ1v) is 20.6. The maximum absolute atomic E-state index is 15.3. The zero-order valence-corrected chi connectivity index (χ0v) is 30.0. The zero-order chi connectivity index (χ0) is 35.0. The van der Waals surface area contributed by atoms with Crippen LogP contribution in [0.1, 0.15) is 43.5 Å². The second kappa shape index (κ2) is 13.3. The number of carbonyl (C=O) groups excluding carboxylic acids is 2. The molecule has 0 aliphatic heterocycles. The molecule has 2 aliphatic rings. The van der Waals surface area contributed by atoms with Gasteiger partial charge in [-0.25, -0.2) is 13.2 Å². The number of sulfone groups is 1. The van der Waals surface area contributed by atoms with Crippen LogP contribution in [-0.2, 0) is 19.4 Å². The largest absolute Gasteiger partial charge is 0.458 e. The molecule has 5 nitrogen and oxygen atoms in total. The fourth-order valence-electron chi connectivity index (χ4n) is 8.64. The van der Waals surface area contributed by atoms with Gasteiger partial charge < -0.3 is 4.74 Å². The summed E-state index contributed by atoms with van der Waals surface area (Å²) in [6.45, 7) is 1.05. The van der Waals surface area contributed by atoms with Gasteiger partial charge in [-0.15, -0.1) is 0 Å². The highest BCUT2D eigenvalue weighted by Gasteiger charge is 2.67. The fraction of sp³-hybridized carbons (Fsp3) is 0.233. The second-order valence-corrected chi connectivity index (χ2v) is 19.4. The van der Waals surface area contributed by atoms with E-state index < -0.39 is 45.4 Å². The van der Waals surface area contributed by atoms with Crippen molar-refractivity contribution in [3.05, 3.63) is 157 Å². The lowest BCUT2D eigenvalue weighted by Crippen LogP contribution is -2.48. The summed E-state index contributed by atoms with van der Waals surface area (Å²) >= 11 is 0. The maximum atomic E-state index is 15.3. The first-order chi connectivity index (χ1) is 24.1. The molecule has 2 fully saturated rings. The molecule has 7 rings (SSSR count). The number of rotatable bonds is 10. The number of Topliss-reactive ketones (excluding diaryl/α,β-unsaturated/α-hetero) is 1. The molecule has 0 aromatic heterocycles. The molecule has 0 spiro atoms. The summed E-state index contributed by atoms with van der Waals surface area (Å²) in [6.07, 6.45) is 1.33. The van der Waals surface area contributed by atoms with Gasteiger partial charge in [0.1, 0.15) is 11.4 Å². The van der Waals surface area contributed by atoms with Crippen molar-refractivity contribution in [2.24, 2.45) is 16.7 Å². The van der Waals surface area contributed by atoms with E-state index >= 15 is 9.59 Å². The van der Waals surface area contributed by atoms with Gasteiger partial charge in [0.25, 0.3) is 0 Å². The van der Waals surface area contributed by atoms with Crippen LogP contribution in [0, 0.1) is 16.7 Å². The minimum absolute atomic E-state index is 0.0777. The third kappa shape index (κ3) is 5.59. The average molecular weight is 701 g/mol. The van der Waals surface area contributed by atoms with E-state index in [9.17, 15) is 8.42 Å². The van der Waals surface area contributed by atoms with Crippen molar-refractivity contribution in [1.82, 2.24) is 0 Å². The topological polar surface area (TPSA) is 77.5 Å². The molecule has 2 bridgehead atoms. The lowest BCUT2D eigenvalue weighted by molar-refractivity contribution is -0.147. The molecular formula is C43H41O5PS. The van der Waals surface area contributed by atoms with Gasteiger partial charge >= 0.3 is 5.97 Å². The molecule has 254 valence electrons. The maximum Gasteiger partial charge on any atom is 0.343 e. The van der Waals surface area contributed by atoms with E-state index in [0.29, 0.717) is 18.4 Å². The van der Waals surface area contributed by atoms with Crippen LogP contribution in [0.4, 0.5) is 0 Å². The van der Waals surface area contributed by atoms with Gasteiger partial charge in [0.2, 0.25) is 5.78 Å². The van der Waals surface area contributed by atoms with Crippen LogP contribution in [0.25, 0.3) is 0 Å². The van der Waals surface area contributed by atoms with Crippen LogP contribution < -0.4 is 15.9 Å². The highest BCUT2D eigenvalue weighted by Crippen LogP contribution is 2.67. The van der Waals surface area contributed by atoms with E-state index in [4.69, 9.17) is 4.74 Å². The molecule has 5 aromatic carbocycles. The van der Waals surface area contributed by atoms with E-state index in [-0.39, 0.29) is 21.9 Å². The number of hydrogen-bond acceptors (Lipinski definition) is 5. The molecule has 2 aliphatic carbocycles. The van der Waals surface area contributed by atoms with Crippen LogP contribution in [0.5, 0.6) is 0 Å². The molecular weight excluding hydrogens is 660 g/mol. The minimum atomic E-state index is -3.72. The van der Waals surface area contributed by atoms with Gasteiger partial charge in [0.05, 0.1) is 10.6 Å². The number of carbonyl (C=O) groups is 2. The number of esters is 1. The molecule has 3 atom stereocenters. The fourth-order valence-corrected chi connectivity index (χ4v) is 15.0. The Kier molecular flexibility index (Phi) is 9.05. The summed E-state index contributed by atoms with van der Waals surface area (Å²) in [5, 5.41) is 2.63. The monoisotopic (exact) mass is 700 g/mol. The predicted molar refractivity (Wildman–Crippen MR) is 203 cm³/mol. The van der Waals surface area contributed by atoms with E-state index in [1.807, 2.05) is 97.1 Å². The molecule has 5 aromatic rings. The highest BCUT2D eigenvalue weighted by atomic mass is 32.2. The summed E-state index contributed by atoms with van der Waals surface area (Å²) in [5.74, 6) is -1.04. The molecule has 0 unspecified atom stereocenters. The molecule has 0 radical (unpaired) electrons. The van der Waals surface area contributed by atoms with Crippen molar-refractivity contribution in [3.63, 3.8) is 0 Å². The Morgan fingerprint density at radius 1 is 0.680 bits per heavy atom. The minimum Gasteiger partial charge on any atom is -0.458 e. The number of hydrogen-bond donors (Lipinski definition) is 0. The summed E-state index contributed by atoms with van der Waals surface area (Å²) < 4.78 is 34.8. The smallest absolute Gasteiger partial charge is 0.343 e. The molecule has 0 saturated heterocycles.